The van der Waals surface area contributed by atoms with Gasteiger partial charge in [0, 0.05) is 25.9 Å². The molecule has 156 valence electrons. The summed E-state index contributed by atoms with van der Waals surface area (Å²) in [6.07, 6.45) is 5.77. The Morgan fingerprint density at radius 3 is 2.93 bits per heavy atom. The van der Waals surface area contributed by atoms with E-state index in [1.54, 1.807) is 6.20 Å². The summed E-state index contributed by atoms with van der Waals surface area (Å²) in [5, 5.41) is 21.6. The Labute approximate surface area is 177 Å². The van der Waals surface area contributed by atoms with Gasteiger partial charge in [-0.1, -0.05) is 23.5 Å². The number of hydrogen-bond acceptors (Lipinski definition) is 8. The zero-order valence-electron chi connectivity index (χ0n) is 16.6. The minimum Gasteiger partial charge on any atom is -0.487 e. The monoisotopic (exact) mass is 426 g/mol. The third-order valence-electron chi connectivity index (χ3n) is 5.91. The van der Waals surface area contributed by atoms with Crippen LogP contribution in [0.15, 0.2) is 24.4 Å². The predicted octanol–water partition coefficient (Wildman–Crippen LogP) is 2.55. The predicted molar refractivity (Wildman–Crippen MR) is 111 cm³/mol. The lowest BCUT2D eigenvalue weighted by Gasteiger charge is -2.44. The second kappa shape index (κ2) is 7.35. The second-order valence-corrected chi connectivity index (χ2v) is 8.88. The summed E-state index contributed by atoms with van der Waals surface area (Å²) in [4.78, 5) is 19.4. The van der Waals surface area contributed by atoms with Crippen molar-refractivity contribution in [3.63, 3.8) is 0 Å². The maximum atomic E-state index is 10.8. The van der Waals surface area contributed by atoms with E-state index in [0.29, 0.717) is 5.82 Å². The minimum absolute atomic E-state index is 0.0849. The van der Waals surface area contributed by atoms with Crippen molar-refractivity contribution in [2.45, 2.75) is 44.8 Å². The Balaban J connectivity index is 1.25. The van der Waals surface area contributed by atoms with Crippen molar-refractivity contribution in [2.75, 3.05) is 18.0 Å². The molecule has 10 heteroatoms. The highest BCUT2D eigenvalue weighted by Crippen LogP contribution is 2.41. The number of fused-ring (bicyclic) bond motifs is 1. The molecular formula is C20H22N6O3S. The molecule has 1 saturated heterocycles. The molecule has 0 atom stereocenters. The first kappa shape index (κ1) is 19.0. The van der Waals surface area contributed by atoms with E-state index < -0.39 is 5.97 Å². The van der Waals surface area contributed by atoms with Crippen LogP contribution >= 0.6 is 11.3 Å². The number of carboxylic acid groups (broad SMARTS) is 1. The number of thiazole rings is 1. The van der Waals surface area contributed by atoms with Crippen LogP contribution in [0.3, 0.4) is 0 Å². The number of nitrogens with zero attached hydrogens (tertiary/aromatic N) is 6. The smallest absolute Gasteiger partial charge is 0.327 e. The normalized spacial score (nSPS) is 17.6. The van der Waals surface area contributed by atoms with Crippen LogP contribution in [-0.2, 0) is 17.8 Å². The van der Waals surface area contributed by atoms with Crippen LogP contribution in [-0.4, -0.2) is 55.0 Å². The van der Waals surface area contributed by atoms with Crippen molar-refractivity contribution >= 4 is 22.4 Å². The van der Waals surface area contributed by atoms with Gasteiger partial charge in [0.1, 0.15) is 11.4 Å². The summed E-state index contributed by atoms with van der Waals surface area (Å²) < 4.78 is 6.51. The van der Waals surface area contributed by atoms with Crippen LogP contribution in [0.5, 0.6) is 5.75 Å². The molecule has 1 fully saturated rings. The molecule has 0 bridgehead atoms. The molecule has 0 amide bonds. The zero-order chi connectivity index (χ0) is 20.7. The molecule has 2 aliphatic rings. The fourth-order valence-electron chi connectivity index (χ4n) is 4.23. The van der Waals surface area contributed by atoms with Gasteiger partial charge in [-0.15, -0.1) is 10.2 Å². The summed E-state index contributed by atoms with van der Waals surface area (Å²) in [6.45, 7) is 3.61. The summed E-state index contributed by atoms with van der Waals surface area (Å²) >= 11 is 1.50. The van der Waals surface area contributed by atoms with Gasteiger partial charge in [0.25, 0.3) is 0 Å². The molecule has 2 aromatic heterocycles. The van der Waals surface area contributed by atoms with Gasteiger partial charge in [0.2, 0.25) is 5.82 Å². The fraction of sp³-hybridized carbons (Fsp3) is 0.450. The lowest BCUT2D eigenvalue weighted by molar-refractivity contribution is -0.138. The number of hydrogen-bond donors (Lipinski definition) is 1. The van der Waals surface area contributed by atoms with E-state index in [1.807, 2.05) is 0 Å². The van der Waals surface area contributed by atoms with Crippen molar-refractivity contribution in [2.24, 2.45) is 0 Å². The van der Waals surface area contributed by atoms with Crippen LogP contribution < -0.4 is 9.64 Å². The van der Waals surface area contributed by atoms with Crippen LogP contribution in [0, 0.1) is 6.92 Å². The molecule has 9 nitrogen and oxygen atoms in total. The Kier molecular flexibility index (Phi) is 4.65. The molecule has 1 N–H and O–H groups in total. The third-order valence-corrected chi connectivity index (χ3v) is 6.97. The first-order valence-corrected chi connectivity index (χ1v) is 10.8. The van der Waals surface area contributed by atoms with Gasteiger partial charge in [-0.3, -0.25) is 4.79 Å². The highest BCUT2D eigenvalue weighted by molar-refractivity contribution is 7.18. The maximum absolute atomic E-state index is 10.8. The number of benzene rings is 1. The lowest BCUT2D eigenvalue weighted by atomic mass is 9.82. The van der Waals surface area contributed by atoms with E-state index in [1.165, 1.54) is 22.5 Å². The van der Waals surface area contributed by atoms with E-state index >= 15 is 0 Å². The van der Waals surface area contributed by atoms with Gasteiger partial charge in [-0.2, -0.15) is 4.80 Å². The summed E-state index contributed by atoms with van der Waals surface area (Å²) in [5.74, 6) is 0.437. The first-order chi connectivity index (χ1) is 14.5. The molecule has 0 saturated carbocycles. The molecule has 5 rings (SSSR count). The topological polar surface area (TPSA) is 106 Å². The molecule has 0 radical (unpaired) electrons. The fourth-order valence-corrected chi connectivity index (χ4v) is 5.12. The van der Waals surface area contributed by atoms with Crippen molar-refractivity contribution in [3.05, 3.63) is 35.5 Å². The number of piperidine rings is 1. The molecule has 3 aromatic rings. The summed E-state index contributed by atoms with van der Waals surface area (Å²) in [6, 6.07) is 6.31. The van der Waals surface area contributed by atoms with Crippen molar-refractivity contribution < 1.29 is 14.6 Å². The molecular weight excluding hydrogens is 404 g/mol. The number of ether oxygens (including phenoxy) is 1. The first-order valence-electron chi connectivity index (χ1n) is 10.00. The molecule has 4 heterocycles. The Morgan fingerprint density at radius 1 is 1.30 bits per heavy atom. The average Bonchev–Trinajstić information content (AvgIpc) is 3.38. The van der Waals surface area contributed by atoms with E-state index in [4.69, 9.17) is 9.84 Å². The van der Waals surface area contributed by atoms with Crippen LogP contribution in [0.4, 0.5) is 5.13 Å². The van der Waals surface area contributed by atoms with Crippen LogP contribution in [0.1, 0.15) is 30.4 Å². The van der Waals surface area contributed by atoms with Crippen LogP contribution in [0.25, 0.3) is 10.7 Å². The van der Waals surface area contributed by atoms with E-state index in [9.17, 15) is 4.79 Å². The number of rotatable bonds is 4. The highest BCUT2D eigenvalue weighted by Gasteiger charge is 2.40. The van der Waals surface area contributed by atoms with Gasteiger partial charge in [-0.05, 0) is 42.2 Å². The van der Waals surface area contributed by atoms with Gasteiger partial charge in [0.05, 0.1) is 11.1 Å². The van der Waals surface area contributed by atoms with E-state index in [0.717, 1.165) is 59.3 Å². The van der Waals surface area contributed by atoms with Crippen molar-refractivity contribution in [1.29, 1.82) is 0 Å². The largest absolute Gasteiger partial charge is 0.487 e. The number of aromatic nitrogens is 5. The number of carboxylic acids is 1. The quantitative estimate of drug-likeness (QED) is 0.678. The summed E-state index contributed by atoms with van der Waals surface area (Å²) in [7, 11) is 0. The molecule has 2 aliphatic heterocycles. The van der Waals surface area contributed by atoms with Gasteiger partial charge >= 0.3 is 5.97 Å². The number of anilines is 1. The second-order valence-electron chi connectivity index (χ2n) is 7.87. The highest BCUT2D eigenvalue weighted by atomic mass is 32.1. The minimum atomic E-state index is -1.01. The van der Waals surface area contributed by atoms with Crippen LogP contribution in [0.2, 0.25) is 0 Å². The standard InChI is InChI=1S/C20H22N6O3S/c1-13-3-2-4-15-14(13)5-6-20(29-15)7-9-25(10-8-20)19-21-11-16(30-19)18-22-24-26(23-18)12-17(27)28/h2-4,11H,5-10,12H2,1H3,(H,27,28). The van der Waals surface area contributed by atoms with E-state index in [-0.39, 0.29) is 12.1 Å². The molecule has 0 unspecified atom stereocenters. The van der Waals surface area contributed by atoms with Crippen molar-refractivity contribution in [3.8, 4) is 16.5 Å². The van der Waals surface area contributed by atoms with Gasteiger partial charge in [0.15, 0.2) is 11.7 Å². The molecule has 1 aromatic carbocycles. The lowest BCUT2D eigenvalue weighted by Crippen LogP contribution is -2.49. The zero-order valence-corrected chi connectivity index (χ0v) is 17.4. The van der Waals surface area contributed by atoms with Gasteiger partial charge < -0.3 is 14.7 Å². The maximum Gasteiger partial charge on any atom is 0.327 e. The van der Waals surface area contributed by atoms with Gasteiger partial charge in [-0.25, -0.2) is 4.98 Å². The molecule has 30 heavy (non-hydrogen) atoms. The van der Waals surface area contributed by atoms with E-state index in [2.05, 4.69) is 50.4 Å². The Hall–Kier alpha value is -3.01. The molecule has 0 aliphatic carbocycles. The number of aliphatic carboxylic acids is 1. The average molecular weight is 427 g/mol. The Bertz CT molecular complexity index is 1090. The summed E-state index contributed by atoms with van der Waals surface area (Å²) in [5.41, 5.74) is 2.57. The number of aryl methyl sites for hydroxylation is 1. The number of carbonyl (C=O) groups is 1. The van der Waals surface area contributed by atoms with Crippen molar-refractivity contribution in [1.82, 2.24) is 25.2 Å². The SMILES string of the molecule is Cc1cccc2c1CCC1(CCN(c3ncc(-c4nnn(CC(=O)O)n4)s3)CC1)O2. The Morgan fingerprint density at radius 2 is 2.13 bits per heavy atom. The third kappa shape index (κ3) is 3.51. The number of tetrazole rings is 1. The molecule has 1 spiro atoms.